The van der Waals surface area contributed by atoms with Crippen LogP contribution >= 0.6 is 23.2 Å². The van der Waals surface area contributed by atoms with Crippen LogP contribution in [-0.4, -0.2) is 26.4 Å². The van der Waals surface area contributed by atoms with Gasteiger partial charge in [-0.1, -0.05) is 11.6 Å². The summed E-state index contributed by atoms with van der Waals surface area (Å²) in [6, 6.07) is 3.69. The molecule has 0 radical (unpaired) electrons. The molecule has 1 fully saturated rings. The van der Waals surface area contributed by atoms with Gasteiger partial charge in [0.1, 0.15) is 6.10 Å². The number of hydrogen-bond donors (Lipinski definition) is 0. The van der Waals surface area contributed by atoms with E-state index in [1.54, 1.807) is 14.2 Å². The van der Waals surface area contributed by atoms with Gasteiger partial charge in [-0.2, -0.15) is 0 Å². The summed E-state index contributed by atoms with van der Waals surface area (Å²) >= 11 is 12.1. The lowest BCUT2D eigenvalue weighted by Crippen LogP contribution is -2.29. The van der Waals surface area contributed by atoms with Crippen LogP contribution in [0.2, 0.25) is 5.02 Å². The lowest BCUT2D eigenvalue weighted by molar-refractivity contribution is 0.0202. The minimum absolute atomic E-state index is 0.113. The summed E-state index contributed by atoms with van der Waals surface area (Å²) in [7, 11) is 3.35. The second-order valence-electron chi connectivity index (χ2n) is 5.01. The molecule has 5 heteroatoms. The Balaban J connectivity index is 2.15. The van der Waals surface area contributed by atoms with Crippen molar-refractivity contribution < 1.29 is 14.2 Å². The van der Waals surface area contributed by atoms with Gasteiger partial charge in [-0.15, -0.1) is 11.6 Å². The van der Waals surface area contributed by atoms with Gasteiger partial charge in [-0.3, -0.25) is 0 Å². The largest absolute Gasteiger partial charge is 0.493 e. The molecule has 1 aliphatic rings. The molecule has 1 aromatic rings. The highest BCUT2D eigenvalue weighted by atomic mass is 35.5. The third kappa shape index (κ3) is 3.72. The van der Waals surface area contributed by atoms with Crippen LogP contribution in [0.5, 0.6) is 11.5 Å². The Bertz CT molecular complexity index is 451. The summed E-state index contributed by atoms with van der Waals surface area (Å²) in [6.45, 7) is 0. The summed E-state index contributed by atoms with van der Waals surface area (Å²) < 4.78 is 16.8. The molecular formula is C15H20Cl2O3. The molecule has 0 spiro atoms. The Kier molecular flexibility index (Phi) is 5.82. The minimum Gasteiger partial charge on any atom is -0.493 e. The van der Waals surface area contributed by atoms with Crippen molar-refractivity contribution in [3.05, 3.63) is 22.7 Å². The van der Waals surface area contributed by atoms with Crippen LogP contribution < -0.4 is 9.47 Å². The Morgan fingerprint density at radius 3 is 2.60 bits per heavy atom. The first-order chi connectivity index (χ1) is 9.67. The third-order valence-corrected chi connectivity index (χ3v) is 4.23. The fourth-order valence-electron chi connectivity index (χ4n) is 2.55. The lowest BCUT2D eigenvalue weighted by Gasteiger charge is -2.29. The zero-order valence-electron chi connectivity index (χ0n) is 11.8. The summed E-state index contributed by atoms with van der Waals surface area (Å²) in [4.78, 5) is 0. The summed E-state index contributed by atoms with van der Waals surface area (Å²) in [5.41, 5.74) is 0.916. The van der Waals surface area contributed by atoms with Gasteiger partial charge < -0.3 is 14.2 Å². The summed E-state index contributed by atoms with van der Waals surface area (Å²) in [6.07, 6.45) is 4.46. The van der Waals surface area contributed by atoms with E-state index < -0.39 is 0 Å². The van der Waals surface area contributed by atoms with Crippen LogP contribution in [0.3, 0.4) is 0 Å². The van der Waals surface area contributed by atoms with Crippen LogP contribution in [-0.2, 0) is 10.6 Å². The van der Waals surface area contributed by atoms with E-state index in [2.05, 4.69) is 0 Å². The SMILES string of the molecule is COc1cc(CCl)cc(Cl)c1OC1CCCC(OC)C1. The van der Waals surface area contributed by atoms with Crippen molar-refractivity contribution in [3.8, 4) is 11.5 Å². The van der Waals surface area contributed by atoms with Gasteiger partial charge in [-0.25, -0.2) is 0 Å². The molecule has 0 amide bonds. The topological polar surface area (TPSA) is 27.7 Å². The molecule has 112 valence electrons. The lowest BCUT2D eigenvalue weighted by atomic mass is 9.95. The quantitative estimate of drug-likeness (QED) is 0.752. The summed E-state index contributed by atoms with van der Waals surface area (Å²) in [5, 5.41) is 0.541. The molecular weight excluding hydrogens is 299 g/mol. The Hall–Kier alpha value is -0.640. The maximum Gasteiger partial charge on any atom is 0.180 e. The van der Waals surface area contributed by atoms with Crippen LogP contribution in [0.15, 0.2) is 12.1 Å². The normalized spacial score (nSPS) is 22.6. The Labute approximate surface area is 130 Å². The highest BCUT2D eigenvalue weighted by molar-refractivity contribution is 6.32. The van der Waals surface area contributed by atoms with Crippen molar-refractivity contribution >= 4 is 23.2 Å². The van der Waals surface area contributed by atoms with E-state index in [-0.39, 0.29) is 12.2 Å². The number of methoxy groups -OCH3 is 2. The number of hydrogen-bond acceptors (Lipinski definition) is 3. The van der Waals surface area contributed by atoms with Gasteiger partial charge in [0.05, 0.1) is 18.2 Å². The van der Waals surface area contributed by atoms with Crippen molar-refractivity contribution in [1.29, 1.82) is 0 Å². The molecule has 2 unspecified atom stereocenters. The molecule has 0 heterocycles. The molecule has 0 N–H and O–H groups in total. The number of alkyl halides is 1. The van der Waals surface area contributed by atoms with E-state index >= 15 is 0 Å². The molecule has 1 aliphatic carbocycles. The van der Waals surface area contributed by atoms with Crippen molar-refractivity contribution in [1.82, 2.24) is 0 Å². The van der Waals surface area contributed by atoms with E-state index in [9.17, 15) is 0 Å². The predicted molar refractivity (Wildman–Crippen MR) is 81.2 cm³/mol. The first kappa shape index (κ1) is 15.7. The number of ether oxygens (including phenoxy) is 3. The molecule has 1 saturated carbocycles. The smallest absolute Gasteiger partial charge is 0.180 e. The van der Waals surface area contributed by atoms with Crippen molar-refractivity contribution in [3.63, 3.8) is 0 Å². The van der Waals surface area contributed by atoms with E-state index in [0.29, 0.717) is 22.4 Å². The fourth-order valence-corrected chi connectivity index (χ4v) is 2.99. The zero-order chi connectivity index (χ0) is 14.5. The van der Waals surface area contributed by atoms with E-state index in [4.69, 9.17) is 37.4 Å². The molecule has 0 aromatic heterocycles. The average molecular weight is 319 g/mol. The third-order valence-electron chi connectivity index (χ3n) is 3.64. The van der Waals surface area contributed by atoms with Crippen LogP contribution in [0, 0.1) is 0 Å². The van der Waals surface area contributed by atoms with Gasteiger partial charge >= 0.3 is 0 Å². The second-order valence-corrected chi connectivity index (χ2v) is 5.68. The van der Waals surface area contributed by atoms with Crippen molar-refractivity contribution in [2.75, 3.05) is 14.2 Å². The van der Waals surface area contributed by atoms with Gasteiger partial charge in [0.2, 0.25) is 0 Å². The highest BCUT2D eigenvalue weighted by Crippen LogP contribution is 2.39. The van der Waals surface area contributed by atoms with E-state index in [1.165, 1.54) is 0 Å². The average Bonchev–Trinajstić information content (AvgIpc) is 2.49. The molecule has 2 rings (SSSR count). The van der Waals surface area contributed by atoms with Crippen LogP contribution in [0.1, 0.15) is 31.2 Å². The van der Waals surface area contributed by atoms with Crippen molar-refractivity contribution in [2.45, 2.75) is 43.8 Å². The molecule has 0 bridgehead atoms. The van der Waals surface area contributed by atoms with Crippen molar-refractivity contribution in [2.24, 2.45) is 0 Å². The summed E-state index contributed by atoms with van der Waals surface area (Å²) in [5.74, 6) is 1.63. The second kappa shape index (κ2) is 7.39. The van der Waals surface area contributed by atoms with E-state index in [1.807, 2.05) is 12.1 Å². The van der Waals surface area contributed by atoms with E-state index in [0.717, 1.165) is 31.2 Å². The highest BCUT2D eigenvalue weighted by Gasteiger charge is 2.25. The molecule has 0 aliphatic heterocycles. The maximum absolute atomic E-state index is 6.29. The van der Waals surface area contributed by atoms with Gasteiger partial charge in [0.25, 0.3) is 0 Å². The Morgan fingerprint density at radius 2 is 1.95 bits per heavy atom. The number of halogens is 2. The molecule has 0 saturated heterocycles. The first-order valence-corrected chi connectivity index (χ1v) is 7.71. The van der Waals surface area contributed by atoms with Gasteiger partial charge in [0.15, 0.2) is 11.5 Å². The first-order valence-electron chi connectivity index (χ1n) is 6.79. The Morgan fingerprint density at radius 1 is 1.20 bits per heavy atom. The monoisotopic (exact) mass is 318 g/mol. The molecule has 20 heavy (non-hydrogen) atoms. The molecule has 1 aromatic carbocycles. The molecule has 2 atom stereocenters. The van der Waals surface area contributed by atoms with Crippen LogP contribution in [0.25, 0.3) is 0 Å². The van der Waals surface area contributed by atoms with Gasteiger partial charge in [-0.05, 0) is 37.0 Å². The van der Waals surface area contributed by atoms with Crippen LogP contribution in [0.4, 0.5) is 0 Å². The molecule has 3 nitrogen and oxygen atoms in total. The van der Waals surface area contributed by atoms with Gasteiger partial charge in [0, 0.05) is 19.4 Å². The zero-order valence-corrected chi connectivity index (χ0v) is 13.3. The minimum atomic E-state index is 0.113. The standard InChI is InChI=1S/C15H20Cl2O3/c1-18-11-4-3-5-12(8-11)20-15-13(17)6-10(9-16)7-14(15)19-2/h6-7,11-12H,3-5,8-9H2,1-2H3. The predicted octanol–water partition coefficient (Wildman–Crippen LogP) is 4.42. The number of benzene rings is 1. The number of rotatable bonds is 5. The maximum atomic E-state index is 6.29. The fraction of sp³-hybridized carbons (Fsp3) is 0.600.